The van der Waals surface area contributed by atoms with Gasteiger partial charge in [-0.25, -0.2) is 8.42 Å². The summed E-state index contributed by atoms with van der Waals surface area (Å²) < 4.78 is 59.7. The number of likely N-dealkylation sites (tertiary alicyclic amines) is 1. The molecule has 0 saturated carbocycles. The quantitative estimate of drug-likeness (QED) is 0.555. The second-order valence-corrected chi connectivity index (χ2v) is 6.83. The van der Waals surface area contributed by atoms with E-state index in [0.717, 1.165) is 0 Å². The minimum atomic E-state index is -5.01. The van der Waals surface area contributed by atoms with Crippen LogP contribution in [0, 0.1) is 0 Å². The van der Waals surface area contributed by atoms with Gasteiger partial charge in [-0.15, -0.1) is 12.1 Å². The van der Waals surface area contributed by atoms with Gasteiger partial charge in [0.2, 0.25) is 0 Å². The van der Waals surface area contributed by atoms with E-state index in [1.54, 1.807) is 4.90 Å². The first-order valence-corrected chi connectivity index (χ1v) is 6.75. The van der Waals surface area contributed by atoms with Crippen molar-refractivity contribution in [1.29, 1.82) is 0 Å². The summed E-state index contributed by atoms with van der Waals surface area (Å²) in [5.74, 6) is -0.00416. The molecular weight excluding hydrogens is 281 g/mol. The van der Waals surface area contributed by atoms with E-state index in [2.05, 4.69) is 6.58 Å². The molecule has 2 heterocycles. The molecule has 0 radical (unpaired) electrons. The predicted molar refractivity (Wildman–Crippen MR) is 55.8 cm³/mol. The summed E-state index contributed by atoms with van der Waals surface area (Å²) in [7, 11) is -3.04. The SMILES string of the molecule is C=C(CN1CC2CC1CS2(=O)=O)[B-](F)(F)F.[K+]. The standard InChI is InChI=1S/C8H12BF3NO2S.K/c1-6(9(10,11)12)3-13-4-8-2-7(13)5-16(8,14)15;/h7-8H,1-5H2;/q-1;+1. The van der Waals surface area contributed by atoms with Crippen molar-refractivity contribution < 1.29 is 72.7 Å². The maximum absolute atomic E-state index is 12.3. The van der Waals surface area contributed by atoms with Crippen molar-refractivity contribution in [3.05, 3.63) is 12.1 Å². The molecule has 9 heteroatoms. The Labute approximate surface area is 141 Å². The van der Waals surface area contributed by atoms with Crippen LogP contribution < -0.4 is 51.4 Å². The van der Waals surface area contributed by atoms with Gasteiger partial charge in [-0.05, 0) is 13.0 Å². The van der Waals surface area contributed by atoms with Crippen LogP contribution in [0.3, 0.4) is 0 Å². The Hall–Kier alpha value is 1.14. The summed E-state index contributed by atoms with van der Waals surface area (Å²) in [5.41, 5.74) is -0.745. The van der Waals surface area contributed by atoms with Crippen LogP contribution in [0.4, 0.5) is 12.9 Å². The van der Waals surface area contributed by atoms with E-state index in [-0.39, 0.29) is 76.3 Å². The molecular formula is C8H12BF3KNO2S. The first kappa shape index (κ1) is 16.2. The zero-order valence-electron chi connectivity index (χ0n) is 9.57. The summed E-state index contributed by atoms with van der Waals surface area (Å²) in [5, 5.41) is -0.467. The van der Waals surface area contributed by atoms with E-state index in [9.17, 15) is 21.4 Å². The van der Waals surface area contributed by atoms with Gasteiger partial charge < -0.3 is 12.9 Å². The third-order valence-electron chi connectivity index (χ3n) is 3.29. The summed E-state index contributed by atoms with van der Waals surface area (Å²) in [6.45, 7) is -2.02. The van der Waals surface area contributed by atoms with Crippen LogP contribution in [0.25, 0.3) is 0 Å². The average molecular weight is 293 g/mol. The van der Waals surface area contributed by atoms with Crippen molar-refractivity contribution in [3.8, 4) is 0 Å². The van der Waals surface area contributed by atoms with E-state index in [0.29, 0.717) is 6.42 Å². The van der Waals surface area contributed by atoms with Gasteiger partial charge >= 0.3 is 58.4 Å². The molecule has 2 aliphatic rings. The molecule has 0 amide bonds. The summed E-state index contributed by atoms with van der Waals surface area (Å²) in [6, 6.07) is -0.245. The molecule has 0 aromatic rings. The van der Waals surface area contributed by atoms with Crippen LogP contribution in [0.15, 0.2) is 12.1 Å². The van der Waals surface area contributed by atoms with E-state index in [1.807, 2.05) is 0 Å². The Bertz CT molecular complexity index is 425. The fourth-order valence-electron chi connectivity index (χ4n) is 2.33. The molecule has 2 saturated heterocycles. The van der Waals surface area contributed by atoms with Gasteiger partial charge in [0.1, 0.15) is 0 Å². The van der Waals surface area contributed by atoms with E-state index < -0.39 is 27.5 Å². The van der Waals surface area contributed by atoms with Gasteiger partial charge in [0.15, 0.2) is 9.84 Å². The Morgan fingerprint density at radius 3 is 2.35 bits per heavy atom. The molecule has 0 aromatic carbocycles. The van der Waals surface area contributed by atoms with Gasteiger partial charge in [0.05, 0.1) is 11.0 Å². The van der Waals surface area contributed by atoms with Crippen LogP contribution in [0.5, 0.6) is 0 Å². The van der Waals surface area contributed by atoms with E-state index in [4.69, 9.17) is 0 Å². The first-order chi connectivity index (χ1) is 7.20. The molecule has 2 atom stereocenters. The summed E-state index contributed by atoms with van der Waals surface area (Å²) >= 11 is 0. The van der Waals surface area contributed by atoms with Crippen LogP contribution in [0.1, 0.15) is 6.42 Å². The first-order valence-electron chi connectivity index (χ1n) is 5.03. The van der Waals surface area contributed by atoms with Crippen molar-refractivity contribution in [3.63, 3.8) is 0 Å². The number of rotatable bonds is 3. The minimum absolute atomic E-state index is 0. The van der Waals surface area contributed by atoms with E-state index >= 15 is 0 Å². The Kier molecular flexibility index (Phi) is 5.01. The van der Waals surface area contributed by atoms with Crippen molar-refractivity contribution in [1.82, 2.24) is 4.90 Å². The number of halogens is 3. The van der Waals surface area contributed by atoms with Crippen LogP contribution in [-0.4, -0.2) is 50.4 Å². The molecule has 2 fully saturated rings. The summed E-state index contributed by atoms with van der Waals surface area (Å²) in [6.07, 6.45) is 0.473. The maximum atomic E-state index is 12.3. The number of nitrogens with zero attached hydrogens (tertiary/aromatic N) is 1. The zero-order chi connectivity index (χ0) is 12.1. The van der Waals surface area contributed by atoms with Crippen molar-refractivity contribution in [2.24, 2.45) is 0 Å². The second kappa shape index (κ2) is 5.26. The Morgan fingerprint density at radius 2 is 2.00 bits per heavy atom. The van der Waals surface area contributed by atoms with Gasteiger partial charge in [-0.1, -0.05) is 0 Å². The number of sulfone groups is 1. The maximum Gasteiger partial charge on any atom is 1.00 e. The van der Waals surface area contributed by atoms with Gasteiger partial charge in [0.25, 0.3) is 0 Å². The van der Waals surface area contributed by atoms with Gasteiger partial charge in [0, 0.05) is 12.6 Å². The average Bonchev–Trinajstić information content (AvgIpc) is 2.57. The third kappa shape index (κ3) is 3.37. The smallest absolute Gasteiger partial charge is 0.445 e. The number of hydrogen-bond acceptors (Lipinski definition) is 3. The van der Waals surface area contributed by atoms with Crippen LogP contribution >= 0.6 is 0 Å². The molecule has 0 aliphatic carbocycles. The molecule has 0 spiro atoms. The fraction of sp³-hybridized carbons (Fsp3) is 0.750. The zero-order valence-corrected chi connectivity index (χ0v) is 13.5. The van der Waals surface area contributed by atoms with Crippen LogP contribution in [-0.2, 0) is 9.84 Å². The number of hydrogen-bond donors (Lipinski definition) is 0. The van der Waals surface area contributed by atoms with E-state index in [1.165, 1.54) is 0 Å². The number of fused-ring (bicyclic) bond motifs is 2. The Balaban J connectivity index is 0.00000144. The molecule has 2 aliphatic heterocycles. The molecule has 17 heavy (non-hydrogen) atoms. The minimum Gasteiger partial charge on any atom is -0.445 e. The molecule has 2 bridgehead atoms. The molecule has 0 N–H and O–H groups in total. The Morgan fingerprint density at radius 1 is 1.41 bits per heavy atom. The largest absolute Gasteiger partial charge is 1.00 e. The van der Waals surface area contributed by atoms with Gasteiger partial charge in [-0.2, -0.15) is 0 Å². The fourth-order valence-corrected chi connectivity index (χ4v) is 4.42. The molecule has 2 unspecified atom stereocenters. The molecule has 2 rings (SSSR count). The van der Waals surface area contributed by atoms with Gasteiger partial charge in [-0.3, -0.25) is 4.90 Å². The molecule has 0 aromatic heterocycles. The van der Waals surface area contributed by atoms with Crippen molar-refractivity contribution in [2.75, 3.05) is 18.8 Å². The molecule has 3 nitrogen and oxygen atoms in total. The second-order valence-electron chi connectivity index (χ2n) is 4.50. The van der Waals surface area contributed by atoms with Crippen LogP contribution in [0.2, 0.25) is 0 Å². The van der Waals surface area contributed by atoms with Crippen molar-refractivity contribution in [2.45, 2.75) is 17.7 Å². The monoisotopic (exact) mass is 293 g/mol. The van der Waals surface area contributed by atoms with Crippen molar-refractivity contribution >= 4 is 16.8 Å². The topological polar surface area (TPSA) is 37.4 Å². The predicted octanol–water partition coefficient (Wildman–Crippen LogP) is -2.20. The normalized spacial score (nSPS) is 31.2. The summed E-state index contributed by atoms with van der Waals surface area (Å²) in [4.78, 5) is 1.59. The molecule has 92 valence electrons. The third-order valence-corrected chi connectivity index (χ3v) is 5.50.